The fraction of sp³-hybridized carbons (Fsp3) is 0.250. The molecule has 0 aliphatic heterocycles. The molecule has 0 unspecified atom stereocenters. The molecule has 0 spiro atoms. The molecule has 110 valence electrons. The number of hydrogen-bond donors (Lipinski definition) is 1. The van der Waals surface area contributed by atoms with Gasteiger partial charge in [-0.2, -0.15) is 0 Å². The highest BCUT2D eigenvalue weighted by molar-refractivity contribution is 7.12. The van der Waals surface area contributed by atoms with E-state index in [1.807, 2.05) is 24.4 Å². The van der Waals surface area contributed by atoms with Gasteiger partial charge in [-0.3, -0.25) is 4.79 Å². The van der Waals surface area contributed by atoms with E-state index in [1.54, 1.807) is 30.1 Å². The van der Waals surface area contributed by atoms with Gasteiger partial charge in [-0.05, 0) is 42.0 Å². The summed E-state index contributed by atoms with van der Waals surface area (Å²) in [6.07, 6.45) is 0.523. The van der Waals surface area contributed by atoms with Crippen molar-refractivity contribution in [2.75, 3.05) is 13.6 Å². The highest BCUT2D eigenvalue weighted by Gasteiger charge is 2.16. The van der Waals surface area contributed by atoms with Crippen molar-refractivity contribution < 1.29 is 14.7 Å². The minimum atomic E-state index is -0.936. The highest BCUT2D eigenvalue weighted by atomic mass is 32.1. The maximum Gasteiger partial charge on any atom is 0.335 e. The average molecular weight is 303 g/mol. The minimum absolute atomic E-state index is 0.0182. The van der Waals surface area contributed by atoms with Gasteiger partial charge in [-0.15, -0.1) is 11.3 Å². The maximum absolute atomic E-state index is 12.3. The summed E-state index contributed by atoms with van der Waals surface area (Å²) in [6, 6.07) is 8.82. The van der Waals surface area contributed by atoms with Crippen molar-refractivity contribution in [2.45, 2.75) is 13.3 Å². The lowest BCUT2D eigenvalue weighted by atomic mass is 10.0. The van der Waals surface area contributed by atoms with Crippen LogP contribution >= 0.6 is 11.3 Å². The van der Waals surface area contributed by atoms with E-state index >= 15 is 0 Å². The van der Waals surface area contributed by atoms with Gasteiger partial charge in [-0.25, -0.2) is 4.79 Å². The van der Waals surface area contributed by atoms with Crippen molar-refractivity contribution in [3.8, 4) is 0 Å². The molecule has 0 bridgehead atoms. The molecule has 4 nitrogen and oxygen atoms in total. The first-order valence-corrected chi connectivity index (χ1v) is 7.49. The number of aromatic carboxylic acids is 1. The van der Waals surface area contributed by atoms with Gasteiger partial charge in [0.2, 0.25) is 0 Å². The number of carboxylic acid groups (broad SMARTS) is 1. The lowest BCUT2D eigenvalue weighted by Crippen LogP contribution is -2.29. The second-order valence-electron chi connectivity index (χ2n) is 4.87. The summed E-state index contributed by atoms with van der Waals surface area (Å²) in [7, 11) is 1.74. The highest BCUT2D eigenvalue weighted by Crippen LogP contribution is 2.18. The van der Waals surface area contributed by atoms with Gasteiger partial charge in [0, 0.05) is 13.6 Å². The number of benzene rings is 1. The zero-order valence-electron chi connectivity index (χ0n) is 12.0. The molecule has 1 amide bonds. The summed E-state index contributed by atoms with van der Waals surface area (Å²) >= 11 is 1.43. The van der Waals surface area contributed by atoms with Gasteiger partial charge >= 0.3 is 5.97 Å². The van der Waals surface area contributed by atoms with E-state index in [1.165, 1.54) is 11.3 Å². The van der Waals surface area contributed by atoms with Gasteiger partial charge in [0.25, 0.3) is 5.91 Å². The molecule has 2 rings (SSSR count). The Morgan fingerprint density at radius 2 is 1.95 bits per heavy atom. The number of carboxylic acids is 1. The van der Waals surface area contributed by atoms with E-state index in [4.69, 9.17) is 5.11 Å². The molecular formula is C16H17NO3S. The number of carbonyl (C=O) groups excluding carboxylic acids is 1. The summed E-state index contributed by atoms with van der Waals surface area (Å²) < 4.78 is 0. The number of carbonyl (C=O) groups is 2. The van der Waals surface area contributed by atoms with E-state index in [-0.39, 0.29) is 5.91 Å². The molecule has 5 heteroatoms. The average Bonchev–Trinajstić information content (AvgIpc) is 2.90. The SMILES string of the molecule is Cc1ccsc1C(=O)N(C)CCc1ccccc1C(=O)O. The third-order valence-corrected chi connectivity index (χ3v) is 4.37. The van der Waals surface area contributed by atoms with Gasteiger partial charge in [-0.1, -0.05) is 18.2 Å². The number of rotatable bonds is 5. The molecule has 1 heterocycles. The first-order valence-electron chi connectivity index (χ1n) is 6.61. The second kappa shape index (κ2) is 6.54. The van der Waals surface area contributed by atoms with Crippen LogP contribution < -0.4 is 0 Å². The van der Waals surface area contributed by atoms with E-state index in [0.29, 0.717) is 18.5 Å². The van der Waals surface area contributed by atoms with Crippen LogP contribution in [0.2, 0.25) is 0 Å². The molecular weight excluding hydrogens is 286 g/mol. The molecule has 0 saturated heterocycles. The maximum atomic E-state index is 12.3. The Labute approximate surface area is 127 Å². The van der Waals surface area contributed by atoms with Crippen LogP contribution in [-0.2, 0) is 6.42 Å². The first-order chi connectivity index (χ1) is 10.0. The summed E-state index contributed by atoms with van der Waals surface area (Å²) in [5, 5.41) is 11.0. The quantitative estimate of drug-likeness (QED) is 0.923. The predicted octanol–water partition coefficient (Wildman–Crippen LogP) is 3.07. The Kier molecular flexibility index (Phi) is 4.75. The molecule has 0 atom stereocenters. The Morgan fingerprint density at radius 1 is 1.24 bits per heavy atom. The monoisotopic (exact) mass is 303 g/mol. The van der Waals surface area contributed by atoms with Crippen molar-refractivity contribution in [3.63, 3.8) is 0 Å². The number of amides is 1. The van der Waals surface area contributed by atoms with Crippen molar-refractivity contribution in [3.05, 3.63) is 57.3 Å². The number of hydrogen-bond acceptors (Lipinski definition) is 3. The Bertz CT molecular complexity index is 663. The minimum Gasteiger partial charge on any atom is -0.478 e. The van der Waals surface area contributed by atoms with E-state index < -0.39 is 5.97 Å². The zero-order valence-corrected chi connectivity index (χ0v) is 12.8. The van der Waals surface area contributed by atoms with Crippen LogP contribution in [0.4, 0.5) is 0 Å². The molecule has 0 fully saturated rings. The van der Waals surface area contributed by atoms with E-state index in [2.05, 4.69) is 0 Å². The summed E-state index contributed by atoms with van der Waals surface area (Å²) in [4.78, 5) is 25.8. The fourth-order valence-electron chi connectivity index (χ4n) is 2.10. The largest absolute Gasteiger partial charge is 0.478 e. The molecule has 0 aliphatic rings. The lowest BCUT2D eigenvalue weighted by Gasteiger charge is -2.17. The Hall–Kier alpha value is -2.14. The summed E-state index contributed by atoms with van der Waals surface area (Å²) in [5.74, 6) is -0.955. The zero-order chi connectivity index (χ0) is 15.4. The third kappa shape index (κ3) is 3.49. The molecule has 2 aromatic rings. The second-order valence-corrected chi connectivity index (χ2v) is 5.79. The van der Waals surface area contributed by atoms with Crippen LogP contribution in [0.3, 0.4) is 0 Å². The molecule has 0 radical (unpaired) electrons. The van der Waals surface area contributed by atoms with Crippen molar-refractivity contribution in [1.82, 2.24) is 4.90 Å². The summed E-state index contributed by atoms with van der Waals surface area (Å²) in [6.45, 7) is 2.40. The Morgan fingerprint density at radius 3 is 2.57 bits per heavy atom. The molecule has 0 aliphatic carbocycles. The van der Waals surface area contributed by atoms with E-state index in [9.17, 15) is 9.59 Å². The van der Waals surface area contributed by atoms with Crippen molar-refractivity contribution >= 4 is 23.2 Å². The van der Waals surface area contributed by atoms with Crippen LogP contribution in [0, 0.1) is 6.92 Å². The van der Waals surface area contributed by atoms with Gasteiger partial charge in [0.15, 0.2) is 0 Å². The van der Waals surface area contributed by atoms with Crippen molar-refractivity contribution in [1.29, 1.82) is 0 Å². The van der Waals surface area contributed by atoms with Gasteiger partial charge in [0.1, 0.15) is 0 Å². The normalized spacial score (nSPS) is 10.4. The van der Waals surface area contributed by atoms with Gasteiger partial charge in [0.05, 0.1) is 10.4 Å². The van der Waals surface area contributed by atoms with Crippen LogP contribution in [-0.4, -0.2) is 35.5 Å². The van der Waals surface area contributed by atoms with Crippen LogP contribution in [0.15, 0.2) is 35.7 Å². The molecule has 1 aromatic carbocycles. The standard InChI is InChI=1S/C16H17NO3S/c1-11-8-10-21-14(11)15(18)17(2)9-7-12-5-3-4-6-13(12)16(19)20/h3-6,8,10H,7,9H2,1-2H3,(H,19,20). The molecule has 1 N–H and O–H groups in total. The predicted molar refractivity (Wildman–Crippen MR) is 83.1 cm³/mol. The Balaban J connectivity index is 2.05. The number of aryl methyl sites for hydroxylation is 1. The summed E-state index contributed by atoms with van der Waals surface area (Å²) in [5.41, 5.74) is 2.01. The molecule has 0 saturated carbocycles. The van der Waals surface area contributed by atoms with Gasteiger partial charge < -0.3 is 10.0 Å². The molecule has 1 aromatic heterocycles. The van der Waals surface area contributed by atoms with E-state index in [0.717, 1.165) is 16.0 Å². The fourth-order valence-corrected chi connectivity index (χ4v) is 3.02. The first kappa shape index (κ1) is 15.3. The van der Waals surface area contributed by atoms with Crippen LogP contribution in [0.25, 0.3) is 0 Å². The third-order valence-electron chi connectivity index (χ3n) is 3.37. The number of likely N-dealkylation sites (N-methyl/N-ethyl adjacent to an activating group) is 1. The number of nitrogens with zero attached hydrogens (tertiary/aromatic N) is 1. The number of thiophene rings is 1. The van der Waals surface area contributed by atoms with Crippen LogP contribution in [0.5, 0.6) is 0 Å². The lowest BCUT2D eigenvalue weighted by molar-refractivity contribution is 0.0695. The van der Waals surface area contributed by atoms with Crippen molar-refractivity contribution in [2.24, 2.45) is 0 Å². The van der Waals surface area contributed by atoms with Crippen LogP contribution in [0.1, 0.15) is 31.2 Å². The topological polar surface area (TPSA) is 57.6 Å². The smallest absolute Gasteiger partial charge is 0.335 e. The molecule has 21 heavy (non-hydrogen) atoms.